The molecule has 2 aromatic carbocycles. The molecule has 0 radical (unpaired) electrons. The number of fused-ring (bicyclic) bond motifs is 1. The van der Waals surface area contributed by atoms with E-state index in [-0.39, 0.29) is 35.6 Å². The van der Waals surface area contributed by atoms with E-state index in [1.54, 1.807) is 36.4 Å². The van der Waals surface area contributed by atoms with Gasteiger partial charge in [0.05, 0.1) is 16.0 Å². The van der Waals surface area contributed by atoms with Gasteiger partial charge in [-0.2, -0.15) is 4.31 Å². The lowest BCUT2D eigenvalue weighted by Gasteiger charge is -2.26. The van der Waals surface area contributed by atoms with E-state index in [0.29, 0.717) is 36.3 Å². The van der Waals surface area contributed by atoms with E-state index in [4.69, 9.17) is 0 Å². The number of hydrogen-bond donors (Lipinski definition) is 1. The molecule has 2 aliphatic rings. The number of rotatable bonds is 7. The molecule has 3 amide bonds. The zero-order chi connectivity index (χ0) is 22.7. The molecule has 0 aliphatic carbocycles. The van der Waals surface area contributed by atoms with E-state index in [1.165, 1.54) is 16.4 Å². The Morgan fingerprint density at radius 1 is 0.906 bits per heavy atom. The first kappa shape index (κ1) is 22.2. The van der Waals surface area contributed by atoms with E-state index >= 15 is 0 Å². The van der Waals surface area contributed by atoms with Crippen LogP contribution >= 0.6 is 0 Å². The van der Waals surface area contributed by atoms with Crippen molar-refractivity contribution >= 4 is 33.4 Å². The predicted molar refractivity (Wildman–Crippen MR) is 119 cm³/mol. The highest BCUT2D eigenvalue weighted by atomic mass is 32.2. The number of carbonyl (C=O) groups excluding carboxylic acids is 3. The third-order valence-electron chi connectivity index (χ3n) is 5.73. The number of nitrogens with zero attached hydrogens (tertiary/aromatic N) is 2. The van der Waals surface area contributed by atoms with Crippen LogP contribution in [-0.2, 0) is 14.8 Å². The largest absolute Gasteiger partial charge is 0.326 e. The number of amides is 3. The minimum absolute atomic E-state index is 0.0938. The summed E-state index contributed by atoms with van der Waals surface area (Å²) in [6.45, 7) is 1.16. The molecule has 2 aliphatic heterocycles. The number of piperidine rings is 1. The van der Waals surface area contributed by atoms with Gasteiger partial charge in [0.2, 0.25) is 15.9 Å². The number of sulfonamides is 1. The maximum atomic E-state index is 12.8. The van der Waals surface area contributed by atoms with Crippen LogP contribution in [0.3, 0.4) is 0 Å². The zero-order valence-corrected chi connectivity index (χ0v) is 18.4. The quantitative estimate of drug-likeness (QED) is 0.647. The predicted octanol–water partition coefficient (Wildman–Crippen LogP) is 2.88. The van der Waals surface area contributed by atoms with Gasteiger partial charge < -0.3 is 5.32 Å². The van der Waals surface area contributed by atoms with E-state index < -0.39 is 10.0 Å². The minimum atomic E-state index is -3.59. The maximum Gasteiger partial charge on any atom is 0.261 e. The normalized spacial score (nSPS) is 16.8. The summed E-state index contributed by atoms with van der Waals surface area (Å²) in [4.78, 5) is 38.4. The second-order valence-electron chi connectivity index (χ2n) is 7.95. The SMILES string of the molecule is O=C(CCCN1C(=O)c2ccccc2C1=O)Nc1cccc(S(=O)(=O)N2CCCCC2)c1. The lowest BCUT2D eigenvalue weighted by Crippen LogP contribution is -2.35. The average molecular weight is 456 g/mol. The summed E-state index contributed by atoms with van der Waals surface area (Å²) >= 11 is 0. The Balaban J connectivity index is 1.33. The highest BCUT2D eigenvalue weighted by Gasteiger charge is 2.34. The minimum Gasteiger partial charge on any atom is -0.326 e. The van der Waals surface area contributed by atoms with E-state index in [0.717, 1.165) is 24.2 Å². The van der Waals surface area contributed by atoms with Gasteiger partial charge >= 0.3 is 0 Å². The fraction of sp³-hybridized carbons (Fsp3) is 0.348. The maximum absolute atomic E-state index is 12.8. The van der Waals surface area contributed by atoms with Crippen molar-refractivity contribution in [1.29, 1.82) is 0 Å². The summed E-state index contributed by atoms with van der Waals surface area (Å²) in [5.74, 6) is -1.00. The van der Waals surface area contributed by atoms with Gasteiger partial charge in [0.15, 0.2) is 0 Å². The van der Waals surface area contributed by atoms with Crippen molar-refractivity contribution in [3.05, 3.63) is 59.7 Å². The van der Waals surface area contributed by atoms with Crippen LogP contribution in [0, 0.1) is 0 Å². The van der Waals surface area contributed by atoms with Crippen molar-refractivity contribution in [2.45, 2.75) is 37.0 Å². The highest BCUT2D eigenvalue weighted by Crippen LogP contribution is 2.24. The average Bonchev–Trinajstić information content (AvgIpc) is 3.05. The van der Waals surface area contributed by atoms with E-state index in [2.05, 4.69) is 5.32 Å². The molecule has 0 aromatic heterocycles. The summed E-state index contributed by atoms with van der Waals surface area (Å²) in [7, 11) is -3.59. The Kier molecular flexibility index (Phi) is 6.38. The highest BCUT2D eigenvalue weighted by molar-refractivity contribution is 7.89. The Bertz CT molecular complexity index is 1120. The van der Waals surface area contributed by atoms with Gasteiger partial charge in [-0.3, -0.25) is 19.3 Å². The lowest BCUT2D eigenvalue weighted by molar-refractivity contribution is -0.116. The molecule has 168 valence electrons. The molecular formula is C23H25N3O5S. The molecule has 0 unspecified atom stereocenters. The number of anilines is 1. The van der Waals surface area contributed by atoms with Gasteiger partial charge in [-0.05, 0) is 49.6 Å². The Hall–Kier alpha value is -3.04. The molecule has 1 fully saturated rings. The van der Waals surface area contributed by atoms with Crippen LogP contribution in [0.15, 0.2) is 53.4 Å². The van der Waals surface area contributed by atoms with Crippen molar-refractivity contribution < 1.29 is 22.8 Å². The molecule has 0 saturated carbocycles. The van der Waals surface area contributed by atoms with Gasteiger partial charge in [0.1, 0.15) is 0 Å². The van der Waals surface area contributed by atoms with Gasteiger partial charge in [-0.15, -0.1) is 0 Å². The van der Waals surface area contributed by atoms with Gasteiger partial charge in [0.25, 0.3) is 11.8 Å². The summed E-state index contributed by atoms with van der Waals surface area (Å²) in [5.41, 5.74) is 1.16. The van der Waals surface area contributed by atoms with Crippen LogP contribution in [0.5, 0.6) is 0 Å². The smallest absolute Gasteiger partial charge is 0.261 e. The topological polar surface area (TPSA) is 104 Å². The molecular weight excluding hydrogens is 430 g/mol. The Morgan fingerprint density at radius 2 is 1.56 bits per heavy atom. The fourth-order valence-electron chi connectivity index (χ4n) is 4.05. The lowest BCUT2D eigenvalue weighted by atomic mass is 10.1. The molecule has 2 heterocycles. The van der Waals surface area contributed by atoms with Crippen LogP contribution in [0.2, 0.25) is 0 Å². The second-order valence-corrected chi connectivity index (χ2v) is 9.89. The Labute approximate surface area is 187 Å². The van der Waals surface area contributed by atoms with Crippen molar-refractivity contribution in [3.63, 3.8) is 0 Å². The number of nitrogens with one attached hydrogen (secondary N) is 1. The molecule has 0 atom stereocenters. The molecule has 0 bridgehead atoms. The molecule has 1 N–H and O–H groups in total. The Morgan fingerprint density at radius 3 is 2.22 bits per heavy atom. The van der Waals surface area contributed by atoms with Crippen molar-refractivity contribution in [1.82, 2.24) is 9.21 Å². The third kappa shape index (κ3) is 4.44. The van der Waals surface area contributed by atoms with Crippen LogP contribution in [0.4, 0.5) is 5.69 Å². The number of imide groups is 1. The summed E-state index contributed by atoms with van der Waals surface area (Å²) in [6.07, 6.45) is 3.13. The molecule has 0 spiro atoms. The van der Waals surface area contributed by atoms with Crippen LogP contribution in [0.1, 0.15) is 52.8 Å². The number of hydrogen-bond acceptors (Lipinski definition) is 5. The first-order valence-corrected chi connectivity index (χ1v) is 12.2. The fourth-order valence-corrected chi connectivity index (χ4v) is 5.62. The van der Waals surface area contributed by atoms with E-state index in [9.17, 15) is 22.8 Å². The second kappa shape index (κ2) is 9.22. The van der Waals surface area contributed by atoms with Gasteiger partial charge in [-0.1, -0.05) is 24.6 Å². The van der Waals surface area contributed by atoms with Crippen molar-refractivity contribution in [2.75, 3.05) is 25.0 Å². The zero-order valence-electron chi connectivity index (χ0n) is 17.6. The summed E-state index contributed by atoms with van der Waals surface area (Å²) < 4.78 is 27.2. The van der Waals surface area contributed by atoms with E-state index in [1.807, 2.05) is 0 Å². The third-order valence-corrected chi connectivity index (χ3v) is 7.63. The first-order valence-electron chi connectivity index (χ1n) is 10.7. The van der Waals surface area contributed by atoms with Crippen LogP contribution < -0.4 is 5.32 Å². The van der Waals surface area contributed by atoms with Crippen molar-refractivity contribution in [3.8, 4) is 0 Å². The van der Waals surface area contributed by atoms with Crippen LogP contribution in [-0.4, -0.2) is 55.0 Å². The monoisotopic (exact) mass is 455 g/mol. The summed E-state index contributed by atoms with van der Waals surface area (Å²) in [6, 6.07) is 12.9. The molecule has 1 saturated heterocycles. The van der Waals surface area contributed by atoms with Crippen molar-refractivity contribution in [2.24, 2.45) is 0 Å². The molecule has 32 heavy (non-hydrogen) atoms. The summed E-state index contributed by atoms with van der Waals surface area (Å²) in [5, 5.41) is 2.71. The number of benzene rings is 2. The molecule has 9 heteroatoms. The first-order chi connectivity index (χ1) is 15.4. The molecule has 8 nitrogen and oxygen atoms in total. The van der Waals surface area contributed by atoms with Gasteiger partial charge in [0, 0.05) is 31.7 Å². The molecule has 2 aromatic rings. The standard InChI is InChI=1S/C23H25N3O5S/c27-21(12-7-15-26-22(28)19-10-2-3-11-20(19)23(26)29)24-17-8-6-9-18(16-17)32(30,31)25-13-4-1-5-14-25/h2-3,6,8-11,16H,1,4-5,7,12-15H2,(H,24,27). The van der Waals surface area contributed by atoms with Crippen LogP contribution in [0.25, 0.3) is 0 Å². The number of carbonyl (C=O) groups is 3. The van der Waals surface area contributed by atoms with Gasteiger partial charge in [-0.25, -0.2) is 8.42 Å². The molecule has 4 rings (SSSR count).